The summed E-state index contributed by atoms with van der Waals surface area (Å²) in [6.07, 6.45) is 8.19. The number of anilines is 2. The van der Waals surface area contributed by atoms with Gasteiger partial charge in [0.1, 0.15) is 11.4 Å². The van der Waals surface area contributed by atoms with Crippen molar-refractivity contribution in [3.63, 3.8) is 0 Å². The summed E-state index contributed by atoms with van der Waals surface area (Å²) in [5.41, 5.74) is 3.31. The maximum atomic E-state index is 12.7. The van der Waals surface area contributed by atoms with Gasteiger partial charge in [-0.15, -0.1) is 0 Å². The first-order valence-corrected chi connectivity index (χ1v) is 11.0. The number of pyridine rings is 2. The molecule has 0 bridgehead atoms. The summed E-state index contributed by atoms with van der Waals surface area (Å²) in [5, 5.41) is 6.04. The number of nitrogens with zero attached hydrogens (tertiary/aromatic N) is 3. The fraction of sp³-hybridized carbons (Fsp3) is 0.375. The highest BCUT2D eigenvalue weighted by molar-refractivity contribution is 6.36. The largest absolute Gasteiger partial charge is 0.443 e. The van der Waals surface area contributed by atoms with Gasteiger partial charge in [-0.05, 0) is 74.7 Å². The SMILES string of the molecule is CC(C)(C)OC(=O)N1CCc2c(-c3cc(Cl)c4cnc(NC5CC5)cc4c3)cncc21. The predicted octanol–water partition coefficient (Wildman–Crippen LogP) is 5.82. The summed E-state index contributed by atoms with van der Waals surface area (Å²) in [6, 6.07) is 6.65. The van der Waals surface area contributed by atoms with Gasteiger partial charge >= 0.3 is 6.09 Å². The van der Waals surface area contributed by atoms with E-state index in [4.69, 9.17) is 16.3 Å². The number of benzene rings is 1. The number of carbonyl (C=O) groups is 1. The second-order valence-corrected chi connectivity index (χ2v) is 9.64. The van der Waals surface area contributed by atoms with Gasteiger partial charge in [-0.3, -0.25) is 9.88 Å². The fourth-order valence-corrected chi connectivity index (χ4v) is 4.23. The van der Waals surface area contributed by atoms with E-state index >= 15 is 0 Å². The van der Waals surface area contributed by atoms with Crippen molar-refractivity contribution >= 4 is 40.0 Å². The average molecular weight is 437 g/mol. The zero-order valence-electron chi connectivity index (χ0n) is 17.9. The van der Waals surface area contributed by atoms with Crippen molar-refractivity contribution in [2.75, 3.05) is 16.8 Å². The monoisotopic (exact) mass is 436 g/mol. The average Bonchev–Trinajstić information content (AvgIpc) is 3.40. The molecule has 160 valence electrons. The normalized spacial score (nSPS) is 15.8. The molecule has 2 aromatic heterocycles. The summed E-state index contributed by atoms with van der Waals surface area (Å²) in [7, 11) is 0. The summed E-state index contributed by atoms with van der Waals surface area (Å²) >= 11 is 6.62. The number of rotatable bonds is 3. The van der Waals surface area contributed by atoms with Crippen LogP contribution in [0.25, 0.3) is 21.9 Å². The zero-order valence-corrected chi connectivity index (χ0v) is 18.7. The first-order chi connectivity index (χ1) is 14.8. The Balaban J connectivity index is 1.53. The van der Waals surface area contributed by atoms with Crippen molar-refractivity contribution in [2.24, 2.45) is 0 Å². The minimum absolute atomic E-state index is 0.344. The molecule has 31 heavy (non-hydrogen) atoms. The molecule has 5 rings (SSSR count). The number of hydrogen-bond donors (Lipinski definition) is 1. The van der Waals surface area contributed by atoms with E-state index in [1.165, 1.54) is 12.8 Å². The highest BCUT2D eigenvalue weighted by Crippen LogP contribution is 2.39. The lowest BCUT2D eigenvalue weighted by molar-refractivity contribution is 0.0584. The number of fused-ring (bicyclic) bond motifs is 2. The van der Waals surface area contributed by atoms with Crippen LogP contribution in [-0.2, 0) is 11.2 Å². The van der Waals surface area contributed by atoms with Crippen LogP contribution in [0.2, 0.25) is 5.02 Å². The van der Waals surface area contributed by atoms with Gasteiger partial charge in [0.15, 0.2) is 0 Å². The van der Waals surface area contributed by atoms with Gasteiger partial charge in [0.25, 0.3) is 0 Å². The Bertz CT molecular complexity index is 1180. The molecule has 1 aromatic carbocycles. The third kappa shape index (κ3) is 4.04. The molecule has 0 spiro atoms. The maximum absolute atomic E-state index is 12.7. The highest BCUT2D eigenvalue weighted by Gasteiger charge is 2.31. The molecule has 3 aromatic rings. The molecule has 3 heterocycles. The Morgan fingerprint density at radius 2 is 2.00 bits per heavy atom. The molecule has 2 aliphatic rings. The first-order valence-electron chi connectivity index (χ1n) is 10.6. The van der Waals surface area contributed by atoms with Crippen molar-refractivity contribution in [3.8, 4) is 11.1 Å². The van der Waals surface area contributed by atoms with Crippen LogP contribution in [0.5, 0.6) is 0 Å². The molecular formula is C24H25ClN4O2. The van der Waals surface area contributed by atoms with Crippen LogP contribution in [0.15, 0.2) is 36.8 Å². The Labute approximate surface area is 186 Å². The summed E-state index contributed by atoms with van der Waals surface area (Å²) in [4.78, 5) is 23.3. The van der Waals surface area contributed by atoms with Gasteiger partial charge in [-0.25, -0.2) is 9.78 Å². The molecule has 1 aliphatic heterocycles. The van der Waals surface area contributed by atoms with Crippen LogP contribution < -0.4 is 10.2 Å². The molecule has 0 saturated heterocycles. The summed E-state index contributed by atoms with van der Waals surface area (Å²) < 4.78 is 5.57. The number of nitrogens with one attached hydrogen (secondary N) is 1. The predicted molar refractivity (Wildman–Crippen MR) is 124 cm³/mol. The Kier molecular flexibility index (Phi) is 4.77. The van der Waals surface area contributed by atoms with E-state index in [9.17, 15) is 4.79 Å². The van der Waals surface area contributed by atoms with E-state index < -0.39 is 5.60 Å². The number of carbonyl (C=O) groups excluding carboxylic acids is 1. The van der Waals surface area contributed by atoms with Gasteiger partial charge in [0, 0.05) is 35.9 Å². The van der Waals surface area contributed by atoms with Gasteiger partial charge < -0.3 is 10.1 Å². The van der Waals surface area contributed by atoms with Crippen molar-refractivity contribution < 1.29 is 9.53 Å². The molecule has 1 saturated carbocycles. The molecule has 0 unspecified atom stereocenters. The van der Waals surface area contributed by atoms with Gasteiger partial charge in [-0.1, -0.05) is 11.6 Å². The minimum atomic E-state index is -0.545. The first kappa shape index (κ1) is 20.1. The molecule has 1 amide bonds. The zero-order chi connectivity index (χ0) is 21.8. The van der Waals surface area contributed by atoms with E-state index in [0.717, 1.165) is 45.4 Å². The van der Waals surface area contributed by atoms with Crippen molar-refractivity contribution in [3.05, 3.63) is 47.4 Å². The number of hydrogen-bond acceptors (Lipinski definition) is 5. The van der Waals surface area contributed by atoms with Gasteiger partial charge in [-0.2, -0.15) is 0 Å². The molecule has 1 N–H and O–H groups in total. The Morgan fingerprint density at radius 1 is 1.19 bits per heavy atom. The maximum Gasteiger partial charge on any atom is 0.414 e. The topological polar surface area (TPSA) is 67.3 Å². The van der Waals surface area contributed by atoms with E-state index in [-0.39, 0.29) is 6.09 Å². The summed E-state index contributed by atoms with van der Waals surface area (Å²) in [6.45, 7) is 6.18. The number of halogens is 1. The molecule has 1 aliphatic carbocycles. The van der Waals surface area contributed by atoms with Crippen molar-refractivity contribution in [1.29, 1.82) is 0 Å². The molecule has 6 nitrogen and oxygen atoms in total. The second-order valence-electron chi connectivity index (χ2n) is 9.23. The number of aromatic nitrogens is 2. The third-order valence-corrected chi connectivity index (χ3v) is 5.86. The van der Waals surface area contributed by atoms with Crippen LogP contribution >= 0.6 is 11.6 Å². The molecule has 7 heteroatoms. The molecular weight excluding hydrogens is 412 g/mol. The van der Waals surface area contributed by atoms with Crippen molar-refractivity contribution in [2.45, 2.75) is 51.7 Å². The molecule has 0 atom stereocenters. The lowest BCUT2D eigenvalue weighted by Crippen LogP contribution is -2.35. The fourth-order valence-electron chi connectivity index (χ4n) is 3.96. The highest BCUT2D eigenvalue weighted by atomic mass is 35.5. The number of amides is 1. The molecule has 0 radical (unpaired) electrons. The van der Waals surface area contributed by atoms with E-state index in [1.807, 2.05) is 45.3 Å². The van der Waals surface area contributed by atoms with Crippen molar-refractivity contribution in [1.82, 2.24) is 9.97 Å². The van der Waals surface area contributed by atoms with Gasteiger partial charge in [0.2, 0.25) is 0 Å². The van der Waals surface area contributed by atoms with Crippen LogP contribution in [0.3, 0.4) is 0 Å². The van der Waals surface area contributed by atoms with Crippen LogP contribution in [0.1, 0.15) is 39.2 Å². The van der Waals surface area contributed by atoms with Crippen LogP contribution in [-0.4, -0.2) is 34.2 Å². The lowest BCUT2D eigenvalue weighted by atomic mass is 9.98. The summed E-state index contributed by atoms with van der Waals surface area (Å²) in [5.74, 6) is 0.871. The van der Waals surface area contributed by atoms with Gasteiger partial charge in [0.05, 0.1) is 16.9 Å². The van der Waals surface area contributed by atoms with E-state index in [0.29, 0.717) is 17.6 Å². The van der Waals surface area contributed by atoms with Crippen LogP contribution in [0, 0.1) is 0 Å². The number of ether oxygens (including phenoxy) is 1. The Hall–Kier alpha value is -2.86. The molecule has 1 fully saturated rings. The second kappa shape index (κ2) is 7.38. The minimum Gasteiger partial charge on any atom is -0.443 e. The smallest absolute Gasteiger partial charge is 0.414 e. The van der Waals surface area contributed by atoms with Crippen LogP contribution in [0.4, 0.5) is 16.3 Å². The third-order valence-electron chi connectivity index (χ3n) is 5.55. The Morgan fingerprint density at radius 3 is 2.74 bits per heavy atom. The quantitative estimate of drug-likeness (QED) is 0.560. The standard InChI is InChI=1S/C24H25ClN4O2/c1-24(2,3)31-23(30)29-7-6-17-18(11-26-13-21(17)29)14-8-15-10-22(28-16-4-5-16)27-12-19(15)20(25)9-14/h8-13,16H,4-7H2,1-3H3,(H,27,28). The van der Waals surface area contributed by atoms with E-state index in [1.54, 1.807) is 11.1 Å². The lowest BCUT2D eigenvalue weighted by Gasteiger charge is -2.24. The van der Waals surface area contributed by atoms with E-state index in [2.05, 4.69) is 21.4 Å².